The monoisotopic (exact) mass is 399 g/mol. The van der Waals surface area contributed by atoms with E-state index in [1.165, 1.54) is 11.8 Å². The van der Waals surface area contributed by atoms with Crippen LogP contribution in [0.25, 0.3) is 6.08 Å². The van der Waals surface area contributed by atoms with Gasteiger partial charge in [0.1, 0.15) is 0 Å². The number of para-hydroxylation sites is 1. The Morgan fingerprint density at radius 3 is 2.67 bits per heavy atom. The molecule has 1 saturated heterocycles. The van der Waals surface area contributed by atoms with Crippen LogP contribution in [0.15, 0.2) is 47.4 Å². The van der Waals surface area contributed by atoms with E-state index in [4.69, 9.17) is 21.7 Å². The Morgan fingerprint density at radius 1 is 1.19 bits per heavy atom. The third-order valence-corrected chi connectivity index (χ3v) is 5.40. The number of carbonyl (C=O) groups is 1. The lowest BCUT2D eigenvalue weighted by Gasteiger charge is -2.16. The van der Waals surface area contributed by atoms with Crippen molar-refractivity contribution in [3.63, 3.8) is 0 Å². The third kappa shape index (κ3) is 4.17. The highest BCUT2D eigenvalue weighted by molar-refractivity contribution is 8.27. The summed E-state index contributed by atoms with van der Waals surface area (Å²) in [7, 11) is 1.61. The highest BCUT2D eigenvalue weighted by Gasteiger charge is 2.33. The Bertz CT molecular complexity index is 908. The van der Waals surface area contributed by atoms with E-state index in [2.05, 4.69) is 6.92 Å². The number of thiocarbonyl (C=S) groups is 1. The van der Waals surface area contributed by atoms with Gasteiger partial charge in [-0.1, -0.05) is 55.2 Å². The first-order valence-electron chi connectivity index (χ1n) is 8.69. The number of nitrogens with zero attached hydrogens (tertiary/aromatic N) is 1. The van der Waals surface area contributed by atoms with E-state index in [-0.39, 0.29) is 5.91 Å². The van der Waals surface area contributed by atoms with Crippen LogP contribution in [-0.4, -0.2) is 23.9 Å². The largest absolute Gasteiger partial charge is 0.493 e. The van der Waals surface area contributed by atoms with Crippen molar-refractivity contribution >= 4 is 46.0 Å². The molecule has 140 valence electrons. The van der Waals surface area contributed by atoms with Gasteiger partial charge in [-0.05, 0) is 48.7 Å². The highest BCUT2D eigenvalue weighted by atomic mass is 32.2. The number of methoxy groups -OCH3 is 1. The van der Waals surface area contributed by atoms with Gasteiger partial charge in [-0.3, -0.25) is 9.69 Å². The summed E-state index contributed by atoms with van der Waals surface area (Å²) < 4.78 is 11.6. The summed E-state index contributed by atoms with van der Waals surface area (Å²) >= 11 is 6.76. The molecule has 3 rings (SSSR count). The van der Waals surface area contributed by atoms with Crippen molar-refractivity contribution in [3.05, 3.63) is 58.5 Å². The van der Waals surface area contributed by atoms with Gasteiger partial charge in [-0.25, -0.2) is 0 Å². The average molecular weight is 400 g/mol. The molecule has 1 heterocycles. The minimum atomic E-state index is -0.107. The summed E-state index contributed by atoms with van der Waals surface area (Å²) in [6.07, 6.45) is 2.76. The molecule has 27 heavy (non-hydrogen) atoms. The van der Waals surface area contributed by atoms with Gasteiger partial charge in [0.15, 0.2) is 15.8 Å². The minimum absolute atomic E-state index is 0.107. The number of ether oxygens (including phenoxy) is 2. The lowest BCUT2D eigenvalue weighted by atomic mass is 10.1. The van der Waals surface area contributed by atoms with Gasteiger partial charge in [0.05, 0.1) is 24.3 Å². The Balaban J connectivity index is 1.89. The van der Waals surface area contributed by atoms with Crippen LogP contribution in [0, 0.1) is 6.92 Å². The average Bonchev–Trinajstić information content (AvgIpc) is 2.94. The van der Waals surface area contributed by atoms with Crippen LogP contribution >= 0.6 is 24.0 Å². The molecule has 1 fully saturated rings. The standard InChI is InChI=1S/C21H21NO3S2/c1-4-11-25-17-10-9-15(12-18(17)24-3)13-19-20(23)22(21(26)27-19)16-8-6-5-7-14(16)2/h5-10,12-13H,4,11H2,1-3H3/b19-13-. The summed E-state index contributed by atoms with van der Waals surface area (Å²) in [5, 5.41) is 0. The molecular formula is C21H21NO3S2. The molecule has 0 N–H and O–H groups in total. The fraction of sp³-hybridized carbons (Fsp3) is 0.238. The normalized spacial score (nSPS) is 15.5. The molecule has 1 amide bonds. The number of amides is 1. The maximum atomic E-state index is 12.9. The number of aryl methyl sites for hydroxylation is 1. The zero-order valence-corrected chi connectivity index (χ0v) is 17.2. The van der Waals surface area contributed by atoms with Gasteiger partial charge in [0.25, 0.3) is 5.91 Å². The fourth-order valence-corrected chi connectivity index (χ4v) is 4.03. The lowest BCUT2D eigenvalue weighted by molar-refractivity contribution is -0.113. The first kappa shape index (κ1) is 19.5. The van der Waals surface area contributed by atoms with Gasteiger partial charge in [0, 0.05) is 0 Å². The molecule has 2 aromatic carbocycles. The summed E-state index contributed by atoms with van der Waals surface area (Å²) in [5.41, 5.74) is 2.69. The van der Waals surface area contributed by atoms with Crippen molar-refractivity contribution in [1.29, 1.82) is 0 Å². The summed E-state index contributed by atoms with van der Waals surface area (Å²) in [6, 6.07) is 13.4. The molecule has 4 nitrogen and oxygen atoms in total. The SMILES string of the molecule is CCCOc1ccc(/C=C2\SC(=S)N(c3ccccc3C)C2=O)cc1OC. The van der Waals surface area contributed by atoms with E-state index in [0.29, 0.717) is 27.3 Å². The van der Waals surface area contributed by atoms with E-state index in [1.54, 1.807) is 12.0 Å². The fourth-order valence-electron chi connectivity index (χ4n) is 2.75. The molecule has 0 saturated carbocycles. The molecule has 1 aliphatic rings. The van der Waals surface area contributed by atoms with Crippen LogP contribution in [0.3, 0.4) is 0 Å². The van der Waals surface area contributed by atoms with Crippen LogP contribution in [-0.2, 0) is 4.79 Å². The molecule has 6 heteroatoms. The van der Waals surface area contributed by atoms with Crippen molar-refractivity contribution in [2.24, 2.45) is 0 Å². The van der Waals surface area contributed by atoms with Crippen LogP contribution in [0.2, 0.25) is 0 Å². The molecule has 0 bridgehead atoms. The van der Waals surface area contributed by atoms with Gasteiger partial charge >= 0.3 is 0 Å². The number of hydrogen-bond acceptors (Lipinski definition) is 5. The Morgan fingerprint density at radius 2 is 1.96 bits per heavy atom. The number of benzene rings is 2. The number of carbonyl (C=O) groups excluding carboxylic acids is 1. The molecule has 0 spiro atoms. The molecule has 0 aromatic heterocycles. The van der Waals surface area contributed by atoms with E-state index in [9.17, 15) is 4.79 Å². The molecule has 0 atom stereocenters. The van der Waals surface area contributed by atoms with Gasteiger partial charge < -0.3 is 9.47 Å². The zero-order chi connectivity index (χ0) is 19.4. The third-order valence-electron chi connectivity index (χ3n) is 4.10. The van der Waals surface area contributed by atoms with Crippen molar-refractivity contribution in [1.82, 2.24) is 0 Å². The Kier molecular flexibility index (Phi) is 6.19. The summed E-state index contributed by atoms with van der Waals surface area (Å²) in [4.78, 5) is 15.1. The minimum Gasteiger partial charge on any atom is -0.493 e. The van der Waals surface area contributed by atoms with Crippen LogP contribution in [0.1, 0.15) is 24.5 Å². The zero-order valence-electron chi connectivity index (χ0n) is 15.5. The van der Waals surface area contributed by atoms with Gasteiger partial charge in [0.2, 0.25) is 0 Å². The molecular weight excluding hydrogens is 378 g/mol. The number of rotatable bonds is 6. The Labute approximate surface area is 169 Å². The van der Waals surface area contributed by atoms with Crippen molar-refractivity contribution in [2.75, 3.05) is 18.6 Å². The predicted molar refractivity (Wildman–Crippen MR) is 116 cm³/mol. The number of hydrogen-bond donors (Lipinski definition) is 0. The van der Waals surface area contributed by atoms with Gasteiger partial charge in [-0.2, -0.15) is 0 Å². The van der Waals surface area contributed by atoms with E-state index in [1.807, 2.05) is 55.5 Å². The maximum absolute atomic E-state index is 12.9. The van der Waals surface area contributed by atoms with Crippen LogP contribution in [0.4, 0.5) is 5.69 Å². The Hall–Kier alpha value is -2.31. The second-order valence-electron chi connectivity index (χ2n) is 6.06. The van der Waals surface area contributed by atoms with Crippen molar-refractivity contribution in [3.8, 4) is 11.5 Å². The molecule has 0 aliphatic carbocycles. The number of anilines is 1. The second-order valence-corrected chi connectivity index (χ2v) is 7.74. The summed E-state index contributed by atoms with van der Waals surface area (Å²) in [5.74, 6) is 1.24. The highest BCUT2D eigenvalue weighted by Crippen LogP contribution is 2.38. The number of thioether (sulfide) groups is 1. The maximum Gasteiger partial charge on any atom is 0.270 e. The predicted octanol–water partition coefficient (Wildman–Crippen LogP) is 5.20. The smallest absolute Gasteiger partial charge is 0.270 e. The quantitative estimate of drug-likeness (QED) is 0.493. The van der Waals surface area contributed by atoms with E-state index >= 15 is 0 Å². The van der Waals surface area contributed by atoms with Crippen LogP contribution in [0.5, 0.6) is 11.5 Å². The van der Waals surface area contributed by atoms with Crippen LogP contribution < -0.4 is 14.4 Å². The van der Waals surface area contributed by atoms with Crippen molar-refractivity contribution in [2.45, 2.75) is 20.3 Å². The molecule has 0 unspecified atom stereocenters. The molecule has 2 aromatic rings. The van der Waals surface area contributed by atoms with Crippen molar-refractivity contribution < 1.29 is 14.3 Å². The lowest BCUT2D eigenvalue weighted by Crippen LogP contribution is -2.28. The molecule has 0 radical (unpaired) electrons. The first-order chi connectivity index (χ1) is 13.0. The molecule has 1 aliphatic heterocycles. The topological polar surface area (TPSA) is 38.8 Å². The van der Waals surface area contributed by atoms with E-state index in [0.717, 1.165) is 23.2 Å². The van der Waals surface area contributed by atoms with Gasteiger partial charge in [-0.15, -0.1) is 0 Å². The first-order valence-corrected chi connectivity index (χ1v) is 9.92. The summed E-state index contributed by atoms with van der Waals surface area (Å²) in [6.45, 7) is 4.65. The second kappa shape index (κ2) is 8.59. The van der Waals surface area contributed by atoms with E-state index < -0.39 is 0 Å².